The maximum absolute atomic E-state index is 13.8. The quantitative estimate of drug-likeness (QED) is 0.550. The summed E-state index contributed by atoms with van der Waals surface area (Å²) < 4.78 is 45.4. The summed E-state index contributed by atoms with van der Waals surface area (Å²) >= 11 is 0. The smallest absolute Gasteiger partial charge is 0.239 e. The first-order valence-corrected chi connectivity index (χ1v) is 14.6. The Labute approximate surface area is 208 Å². The third-order valence-electron chi connectivity index (χ3n) is 10.4. The van der Waals surface area contributed by atoms with E-state index in [1.165, 1.54) is 4.31 Å². The summed E-state index contributed by atoms with van der Waals surface area (Å²) in [5.41, 5.74) is 0.410. The number of rotatable bonds is 6. The molecule has 6 rings (SSSR count). The van der Waals surface area contributed by atoms with Crippen LogP contribution in [-0.4, -0.2) is 55.8 Å². The van der Waals surface area contributed by atoms with Gasteiger partial charge in [0.15, 0.2) is 0 Å². The van der Waals surface area contributed by atoms with E-state index in [2.05, 4.69) is 20.8 Å². The Balaban J connectivity index is 1.11. The van der Waals surface area contributed by atoms with E-state index >= 15 is 0 Å². The third-order valence-corrected chi connectivity index (χ3v) is 12.4. The lowest BCUT2D eigenvalue weighted by molar-refractivity contribution is -0.136. The minimum atomic E-state index is -3.59. The number of carbonyl (C=O) groups excluding carboxylic acids is 1. The number of hydrogen-bond donors (Lipinski definition) is 0. The van der Waals surface area contributed by atoms with Crippen molar-refractivity contribution < 1.29 is 27.4 Å². The van der Waals surface area contributed by atoms with E-state index in [0.29, 0.717) is 32.0 Å². The molecule has 0 unspecified atom stereocenters. The molecule has 5 aliphatic rings. The molecule has 0 radical (unpaired) electrons. The molecule has 1 amide bonds. The van der Waals surface area contributed by atoms with Crippen LogP contribution in [0.4, 0.5) is 0 Å². The Morgan fingerprint density at radius 3 is 2.63 bits per heavy atom. The molecular weight excluding hydrogens is 466 g/mol. The van der Waals surface area contributed by atoms with Crippen molar-refractivity contribution >= 4 is 15.9 Å². The highest BCUT2D eigenvalue weighted by Gasteiger charge is 2.73. The molecule has 2 heterocycles. The van der Waals surface area contributed by atoms with Crippen LogP contribution in [-0.2, 0) is 30.9 Å². The Morgan fingerprint density at radius 2 is 1.94 bits per heavy atom. The maximum Gasteiger partial charge on any atom is 0.239 e. The molecule has 35 heavy (non-hydrogen) atoms. The molecule has 1 aromatic rings. The van der Waals surface area contributed by atoms with Gasteiger partial charge >= 0.3 is 0 Å². The number of epoxide rings is 1. The number of hydrogen-bond acceptors (Lipinski definition) is 6. The molecule has 5 fully saturated rings. The van der Waals surface area contributed by atoms with Gasteiger partial charge in [-0.05, 0) is 67.1 Å². The SMILES string of the molecule is COc1ccc(COC[C@]23C[C@H](C)[C@@H](C(=O)N4[C@H]5C[C@H]6CC[C@@]5(CS4(=O)=O)C6(C)C)C[C@H]2O3)cc1. The zero-order valence-corrected chi connectivity index (χ0v) is 22.0. The average Bonchev–Trinajstić information content (AvgIpc) is 3.29. The highest BCUT2D eigenvalue weighted by atomic mass is 32.2. The first-order chi connectivity index (χ1) is 16.5. The lowest BCUT2D eigenvalue weighted by Gasteiger charge is -2.38. The van der Waals surface area contributed by atoms with Gasteiger partial charge in [-0.3, -0.25) is 4.79 Å². The fraction of sp³-hybridized carbons (Fsp3) is 0.741. The third kappa shape index (κ3) is 3.35. The predicted octanol–water partition coefficient (Wildman–Crippen LogP) is 3.76. The standard InChI is InChI=1S/C27H37NO6S/c1-17-13-27(15-33-14-18-5-7-20(32-4)8-6-18)23(34-27)12-21(17)24(29)28-22-11-19-9-10-26(22,25(19,2)3)16-35(28,30)31/h5-8,17,19,21-23H,9-16H2,1-4H3/t17-,19+,21-,22-,23+,26-,27+/m0/s1. The van der Waals surface area contributed by atoms with E-state index < -0.39 is 10.0 Å². The van der Waals surface area contributed by atoms with Gasteiger partial charge in [0.1, 0.15) is 11.4 Å². The number of ether oxygens (including phenoxy) is 3. The van der Waals surface area contributed by atoms with Crippen LogP contribution in [0, 0.1) is 28.6 Å². The maximum atomic E-state index is 13.8. The van der Waals surface area contributed by atoms with Crippen molar-refractivity contribution in [2.75, 3.05) is 19.5 Å². The van der Waals surface area contributed by atoms with Crippen LogP contribution in [0.15, 0.2) is 24.3 Å². The summed E-state index contributed by atoms with van der Waals surface area (Å²) in [4.78, 5) is 13.8. The second-order valence-corrected chi connectivity index (χ2v) is 14.1. The van der Waals surface area contributed by atoms with Crippen molar-refractivity contribution in [3.8, 4) is 5.75 Å². The first-order valence-electron chi connectivity index (χ1n) is 13.0. The number of methoxy groups -OCH3 is 1. The zero-order chi connectivity index (χ0) is 24.8. The number of sulfonamides is 1. The molecule has 3 saturated carbocycles. The molecule has 7 atom stereocenters. The van der Waals surface area contributed by atoms with E-state index in [9.17, 15) is 13.2 Å². The summed E-state index contributed by atoms with van der Waals surface area (Å²) in [6.45, 7) is 7.48. The normalized spacial score (nSPS) is 41.9. The molecule has 7 nitrogen and oxygen atoms in total. The minimum absolute atomic E-state index is 0.0338. The summed E-state index contributed by atoms with van der Waals surface area (Å²) in [5, 5.41) is 0. The number of fused-ring (bicyclic) bond motifs is 2. The second-order valence-electron chi connectivity index (χ2n) is 12.3. The minimum Gasteiger partial charge on any atom is -0.497 e. The first kappa shape index (κ1) is 23.7. The molecule has 2 saturated heterocycles. The Bertz CT molecular complexity index is 1130. The Morgan fingerprint density at radius 1 is 1.20 bits per heavy atom. The van der Waals surface area contributed by atoms with E-state index in [0.717, 1.165) is 30.6 Å². The summed E-state index contributed by atoms with van der Waals surface area (Å²) in [7, 11) is -1.95. The van der Waals surface area contributed by atoms with Gasteiger partial charge in [0.25, 0.3) is 0 Å². The molecule has 0 aromatic heterocycles. The summed E-state index contributed by atoms with van der Waals surface area (Å²) in [6, 6.07) is 7.64. The van der Waals surface area contributed by atoms with E-state index in [1.807, 2.05) is 24.3 Å². The van der Waals surface area contributed by atoms with Crippen LogP contribution in [0.5, 0.6) is 5.75 Å². The van der Waals surface area contributed by atoms with Gasteiger partial charge in [0.05, 0.1) is 38.2 Å². The number of nitrogens with zero attached hydrogens (tertiary/aromatic N) is 1. The van der Waals surface area contributed by atoms with E-state index in [-0.39, 0.29) is 52.1 Å². The predicted molar refractivity (Wildman–Crippen MR) is 130 cm³/mol. The molecule has 1 aromatic carbocycles. The number of amides is 1. The van der Waals surface area contributed by atoms with Crippen LogP contribution >= 0.6 is 0 Å². The topological polar surface area (TPSA) is 85.4 Å². The average molecular weight is 504 g/mol. The van der Waals surface area contributed by atoms with Gasteiger partial charge in [-0.1, -0.05) is 32.9 Å². The molecule has 0 N–H and O–H groups in total. The molecule has 1 spiro atoms. The van der Waals surface area contributed by atoms with Crippen LogP contribution in [0.2, 0.25) is 0 Å². The summed E-state index contributed by atoms with van der Waals surface area (Å²) in [6.07, 6.45) is 4.06. The van der Waals surface area contributed by atoms with Crippen LogP contribution in [0.3, 0.4) is 0 Å². The largest absolute Gasteiger partial charge is 0.497 e. The van der Waals surface area contributed by atoms with Gasteiger partial charge in [0.2, 0.25) is 15.9 Å². The Hall–Kier alpha value is -1.64. The molecule has 2 bridgehead atoms. The van der Waals surface area contributed by atoms with Crippen LogP contribution in [0.25, 0.3) is 0 Å². The van der Waals surface area contributed by atoms with Gasteiger partial charge in [-0.25, -0.2) is 12.7 Å². The lowest BCUT2D eigenvalue weighted by atomic mass is 9.68. The van der Waals surface area contributed by atoms with Crippen LogP contribution < -0.4 is 4.74 Å². The van der Waals surface area contributed by atoms with Crippen molar-refractivity contribution in [2.24, 2.45) is 28.6 Å². The fourth-order valence-corrected chi connectivity index (χ4v) is 10.8. The van der Waals surface area contributed by atoms with Gasteiger partial charge < -0.3 is 14.2 Å². The Kier molecular flexibility index (Phi) is 5.21. The zero-order valence-electron chi connectivity index (χ0n) is 21.2. The number of benzene rings is 1. The van der Waals surface area contributed by atoms with Crippen molar-refractivity contribution in [3.05, 3.63) is 29.8 Å². The fourth-order valence-electron chi connectivity index (χ4n) is 8.18. The van der Waals surface area contributed by atoms with Gasteiger partial charge in [-0.15, -0.1) is 0 Å². The number of carbonyl (C=O) groups is 1. The monoisotopic (exact) mass is 503 g/mol. The lowest BCUT2D eigenvalue weighted by Crippen LogP contribution is -2.49. The van der Waals surface area contributed by atoms with Crippen LogP contribution in [0.1, 0.15) is 58.4 Å². The van der Waals surface area contributed by atoms with Gasteiger partial charge in [0, 0.05) is 11.3 Å². The molecule has 3 aliphatic carbocycles. The molecule has 192 valence electrons. The summed E-state index contributed by atoms with van der Waals surface area (Å²) in [5.74, 6) is 0.989. The highest BCUT2D eigenvalue weighted by Crippen LogP contribution is 2.70. The van der Waals surface area contributed by atoms with Crippen molar-refractivity contribution in [2.45, 2.75) is 77.2 Å². The highest BCUT2D eigenvalue weighted by molar-refractivity contribution is 7.90. The van der Waals surface area contributed by atoms with Crippen molar-refractivity contribution in [3.63, 3.8) is 0 Å². The molecule has 8 heteroatoms. The second kappa shape index (κ2) is 7.68. The van der Waals surface area contributed by atoms with Gasteiger partial charge in [-0.2, -0.15) is 0 Å². The molecule has 2 aliphatic heterocycles. The van der Waals surface area contributed by atoms with Crippen molar-refractivity contribution in [1.82, 2.24) is 4.31 Å². The molecular formula is C27H37NO6S. The van der Waals surface area contributed by atoms with E-state index in [1.54, 1.807) is 7.11 Å². The van der Waals surface area contributed by atoms with E-state index in [4.69, 9.17) is 14.2 Å². The van der Waals surface area contributed by atoms with Crippen molar-refractivity contribution in [1.29, 1.82) is 0 Å².